The molecule has 7 nitrogen and oxygen atoms in total. The molecule has 1 atom stereocenters. The summed E-state index contributed by atoms with van der Waals surface area (Å²) in [6, 6.07) is 15.1. The first kappa shape index (κ1) is 24.9. The van der Waals surface area contributed by atoms with Gasteiger partial charge in [0.2, 0.25) is 0 Å². The van der Waals surface area contributed by atoms with Crippen molar-refractivity contribution in [2.24, 2.45) is 4.99 Å². The van der Waals surface area contributed by atoms with Crippen LogP contribution >= 0.6 is 24.0 Å². The lowest BCUT2D eigenvalue weighted by Gasteiger charge is -2.38. The molecular formula is C23H33IN4O3. The normalized spacial score (nSPS) is 15.1. The Kier molecular flexibility index (Phi) is 10.0. The molecule has 0 bridgehead atoms. The van der Waals surface area contributed by atoms with Crippen molar-refractivity contribution in [2.75, 3.05) is 51.3 Å². The molecule has 1 heterocycles. The molecule has 31 heavy (non-hydrogen) atoms. The van der Waals surface area contributed by atoms with E-state index < -0.39 is 0 Å². The molecule has 0 saturated carbocycles. The number of phenolic OH excluding ortho intramolecular Hbond substituents is 1. The maximum atomic E-state index is 10.1. The number of nitrogens with zero attached hydrogens (tertiary/aromatic N) is 3. The minimum Gasteiger partial charge on any atom is -0.506 e. The van der Waals surface area contributed by atoms with Gasteiger partial charge < -0.3 is 29.7 Å². The van der Waals surface area contributed by atoms with Crippen LogP contribution in [0.4, 0.5) is 5.69 Å². The van der Waals surface area contributed by atoms with Crippen molar-refractivity contribution in [3.63, 3.8) is 0 Å². The van der Waals surface area contributed by atoms with Gasteiger partial charge in [0.05, 0.1) is 19.3 Å². The molecule has 2 aromatic carbocycles. The molecule has 2 N–H and O–H groups in total. The SMILES string of the molecule is CCNC(=NCC(C)Oc1ccccc1OC)N1CCN(c2ccccc2O)CC1.I. The number of aromatic hydroxyl groups is 1. The third-order valence-electron chi connectivity index (χ3n) is 5.03. The number of phenols is 1. The number of rotatable bonds is 7. The van der Waals surface area contributed by atoms with Gasteiger partial charge in [-0.3, -0.25) is 0 Å². The molecule has 0 spiro atoms. The summed E-state index contributed by atoms with van der Waals surface area (Å²) in [5.74, 6) is 2.67. The van der Waals surface area contributed by atoms with E-state index >= 15 is 0 Å². The zero-order valence-corrected chi connectivity index (χ0v) is 20.8. The van der Waals surface area contributed by atoms with Crippen LogP contribution in [0.15, 0.2) is 53.5 Å². The number of hydrogen-bond donors (Lipinski definition) is 2. The third kappa shape index (κ3) is 6.81. The zero-order valence-electron chi connectivity index (χ0n) is 18.5. The molecule has 8 heteroatoms. The number of para-hydroxylation sites is 4. The van der Waals surface area contributed by atoms with Gasteiger partial charge in [0.25, 0.3) is 0 Å². The summed E-state index contributed by atoms with van der Waals surface area (Å²) in [4.78, 5) is 9.27. The van der Waals surface area contributed by atoms with Crippen LogP contribution < -0.4 is 19.7 Å². The highest BCUT2D eigenvalue weighted by Crippen LogP contribution is 2.28. The number of piperazine rings is 1. The van der Waals surface area contributed by atoms with Gasteiger partial charge in [-0.05, 0) is 38.1 Å². The van der Waals surface area contributed by atoms with Gasteiger partial charge in [-0.25, -0.2) is 4.99 Å². The number of nitrogens with one attached hydrogen (secondary N) is 1. The largest absolute Gasteiger partial charge is 0.506 e. The van der Waals surface area contributed by atoms with Crippen LogP contribution in [0, 0.1) is 0 Å². The first-order valence-corrected chi connectivity index (χ1v) is 10.5. The Morgan fingerprint density at radius 2 is 1.71 bits per heavy atom. The van der Waals surface area contributed by atoms with Gasteiger partial charge >= 0.3 is 0 Å². The number of hydrogen-bond acceptors (Lipinski definition) is 5. The van der Waals surface area contributed by atoms with Gasteiger partial charge in [-0.15, -0.1) is 24.0 Å². The molecule has 0 aromatic heterocycles. The van der Waals surface area contributed by atoms with Gasteiger partial charge in [0.1, 0.15) is 11.9 Å². The Bertz CT molecular complexity index is 841. The number of halogens is 1. The van der Waals surface area contributed by atoms with Crippen molar-refractivity contribution >= 4 is 35.6 Å². The first-order chi connectivity index (χ1) is 14.6. The molecule has 2 aromatic rings. The van der Waals surface area contributed by atoms with Gasteiger partial charge in [-0.2, -0.15) is 0 Å². The van der Waals surface area contributed by atoms with Crippen molar-refractivity contribution in [2.45, 2.75) is 20.0 Å². The maximum Gasteiger partial charge on any atom is 0.194 e. The average molecular weight is 540 g/mol. The summed E-state index contributed by atoms with van der Waals surface area (Å²) in [5, 5.41) is 13.5. The van der Waals surface area contributed by atoms with Gasteiger partial charge in [0, 0.05) is 32.7 Å². The molecule has 0 amide bonds. The van der Waals surface area contributed by atoms with Crippen molar-refractivity contribution in [3.05, 3.63) is 48.5 Å². The summed E-state index contributed by atoms with van der Waals surface area (Å²) in [7, 11) is 1.64. The summed E-state index contributed by atoms with van der Waals surface area (Å²) >= 11 is 0. The molecule has 1 aliphatic heterocycles. The smallest absolute Gasteiger partial charge is 0.194 e. The van der Waals surface area contributed by atoms with Crippen molar-refractivity contribution in [1.82, 2.24) is 10.2 Å². The fraction of sp³-hybridized carbons (Fsp3) is 0.435. The Hall–Kier alpha value is -2.36. The number of benzene rings is 2. The average Bonchev–Trinajstić information content (AvgIpc) is 2.77. The van der Waals surface area contributed by atoms with Crippen LogP contribution in [0.3, 0.4) is 0 Å². The second-order valence-corrected chi connectivity index (χ2v) is 7.24. The summed E-state index contributed by atoms with van der Waals surface area (Å²) in [6.07, 6.45) is -0.0856. The van der Waals surface area contributed by atoms with Gasteiger partial charge in [-0.1, -0.05) is 24.3 Å². The first-order valence-electron chi connectivity index (χ1n) is 10.5. The third-order valence-corrected chi connectivity index (χ3v) is 5.03. The van der Waals surface area contributed by atoms with E-state index in [4.69, 9.17) is 14.5 Å². The molecule has 1 unspecified atom stereocenters. The molecular weight excluding hydrogens is 507 g/mol. The van der Waals surface area contributed by atoms with Gasteiger partial charge in [0.15, 0.2) is 17.5 Å². The number of guanidine groups is 1. The van der Waals surface area contributed by atoms with Crippen LogP contribution in [-0.2, 0) is 0 Å². The van der Waals surface area contributed by atoms with Crippen LogP contribution in [0.5, 0.6) is 17.2 Å². The minimum absolute atomic E-state index is 0. The topological polar surface area (TPSA) is 69.6 Å². The second-order valence-electron chi connectivity index (χ2n) is 7.24. The van der Waals surface area contributed by atoms with E-state index in [1.54, 1.807) is 13.2 Å². The quantitative estimate of drug-likeness (QED) is 0.318. The molecule has 0 radical (unpaired) electrons. The lowest BCUT2D eigenvalue weighted by atomic mass is 10.2. The molecule has 1 aliphatic rings. The van der Waals surface area contributed by atoms with Crippen LogP contribution in [0.1, 0.15) is 13.8 Å². The van der Waals surface area contributed by atoms with Crippen LogP contribution in [0.2, 0.25) is 0 Å². The summed E-state index contributed by atoms with van der Waals surface area (Å²) in [5.41, 5.74) is 0.887. The van der Waals surface area contributed by atoms with Crippen LogP contribution in [-0.4, -0.2) is 68.4 Å². The fourth-order valence-electron chi connectivity index (χ4n) is 3.50. The summed E-state index contributed by atoms with van der Waals surface area (Å²) in [6.45, 7) is 8.76. The zero-order chi connectivity index (χ0) is 21.3. The van der Waals surface area contributed by atoms with E-state index in [1.165, 1.54) is 0 Å². The predicted molar refractivity (Wildman–Crippen MR) is 136 cm³/mol. The number of ether oxygens (including phenoxy) is 2. The molecule has 1 saturated heterocycles. The van der Waals surface area contributed by atoms with Crippen molar-refractivity contribution < 1.29 is 14.6 Å². The molecule has 3 rings (SSSR count). The Morgan fingerprint density at radius 3 is 2.35 bits per heavy atom. The highest BCUT2D eigenvalue weighted by Gasteiger charge is 2.21. The Morgan fingerprint density at radius 1 is 1.06 bits per heavy atom. The standard InChI is InChI=1S/C23H32N4O3.HI/c1-4-24-23(25-17-18(2)30-22-12-8-7-11-21(22)29-3)27-15-13-26(14-16-27)19-9-5-6-10-20(19)28;/h5-12,18,28H,4,13-17H2,1-3H3,(H,24,25);1H. The van der Waals surface area contributed by atoms with Crippen molar-refractivity contribution in [3.8, 4) is 17.2 Å². The van der Waals surface area contributed by atoms with E-state index in [1.807, 2.05) is 49.4 Å². The summed E-state index contributed by atoms with van der Waals surface area (Å²) < 4.78 is 11.4. The number of aliphatic imine (C=N–C) groups is 1. The lowest BCUT2D eigenvalue weighted by Crippen LogP contribution is -2.52. The van der Waals surface area contributed by atoms with Crippen molar-refractivity contribution in [1.29, 1.82) is 0 Å². The molecule has 170 valence electrons. The van der Waals surface area contributed by atoms with E-state index in [-0.39, 0.29) is 30.1 Å². The van der Waals surface area contributed by atoms with E-state index in [0.717, 1.165) is 55.9 Å². The predicted octanol–water partition coefficient (Wildman–Crippen LogP) is 3.57. The fourth-order valence-corrected chi connectivity index (χ4v) is 3.50. The minimum atomic E-state index is -0.0856. The second kappa shape index (κ2) is 12.5. The number of methoxy groups -OCH3 is 1. The maximum absolute atomic E-state index is 10.1. The number of anilines is 1. The highest BCUT2D eigenvalue weighted by atomic mass is 127. The van der Waals surface area contributed by atoms with E-state index in [2.05, 4.69) is 22.0 Å². The van der Waals surface area contributed by atoms with E-state index in [0.29, 0.717) is 12.3 Å². The monoisotopic (exact) mass is 540 g/mol. The highest BCUT2D eigenvalue weighted by molar-refractivity contribution is 14.0. The van der Waals surface area contributed by atoms with Crippen LogP contribution in [0.25, 0.3) is 0 Å². The van der Waals surface area contributed by atoms with E-state index in [9.17, 15) is 5.11 Å². The Balaban J connectivity index is 0.00000341. The lowest BCUT2D eigenvalue weighted by molar-refractivity contribution is 0.218. The molecule has 1 fully saturated rings. The Labute approximate surface area is 202 Å². The molecule has 0 aliphatic carbocycles.